The zero-order valence-electron chi connectivity index (χ0n) is 15.4. The van der Waals surface area contributed by atoms with Gasteiger partial charge in [-0.15, -0.1) is 11.6 Å². The summed E-state index contributed by atoms with van der Waals surface area (Å²) in [6, 6.07) is 4.63. The van der Waals surface area contributed by atoms with Crippen LogP contribution < -0.4 is 10.3 Å². The van der Waals surface area contributed by atoms with Crippen molar-refractivity contribution in [3.63, 3.8) is 0 Å². The fourth-order valence-electron chi connectivity index (χ4n) is 3.47. The van der Waals surface area contributed by atoms with Crippen LogP contribution in [0.25, 0.3) is 10.9 Å². The van der Waals surface area contributed by atoms with E-state index in [0.29, 0.717) is 47.8 Å². The molecule has 0 amide bonds. The molecular formula is C20H23ClN2O4. The van der Waals surface area contributed by atoms with E-state index in [1.165, 1.54) is 4.57 Å². The zero-order valence-corrected chi connectivity index (χ0v) is 16.1. The van der Waals surface area contributed by atoms with Crippen LogP contribution in [0.4, 0.5) is 0 Å². The highest BCUT2D eigenvalue weighted by Gasteiger charge is 2.30. The largest absolute Gasteiger partial charge is 0.491 e. The maximum absolute atomic E-state index is 13.1. The van der Waals surface area contributed by atoms with Crippen LogP contribution in [0.2, 0.25) is 0 Å². The van der Waals surface area contributed by atoms with Crippen molar-refractivity contribution in [1.29, 1.82) is 0 Å². The third-order valence-corrected chi connectivity index (χ3v) is 5.12. The quantitative estimate of drug-likeness (QED) is 0.411. The van der Waals surface area contributed by atoms with Gasteiger partial charge in [0.1, 0.15) is 22.9 Å². The van der Waals surface area contributed by atoms with Crippen molar-refractivity contribution in [3.8, 4) is 5.75 Å². The number of carbonyl (C=O) groups excluding carboxylic acids is 2. The Hall–Kier alpha value is -2.21. The number of rotatable bonds is 7. The molecule has 1 atom stereocenters. The number of unbranched alkanes of at least 4 members (excludes halogenated alkanes) is 2. The number of ketones is 2. The molecule has 1 aromatic heterocycles. The van der Waals surface area contributed by atoms with Crippen molar-refractivity contribution in [2.75, 3.05) is 12.5 Å². The minimum atomic E-state index is -0.618. The van der Waals surface area contributed by atoms with Gasteiger partial charge in [-0.05, 0) is 44.7 Å². The lowest BCUT2D eigenvalue weighted by Gasteiger charge is -2.24. The van der Waals surface area contributed by atoms with E-state index in [0.717, 1.165) is 19.3 Å². The molecule has 1 fully saturated rings. The molecule has 1 saturated carbocycles. The Bertz CT molecular complexity index is 922. The molecule has 0 radical (unpaired) electrons. The highest BCUT2D eigenvalue weighted by atomic mass is 35.5. The van der Waals surface area contributed by atoms with Gasteiger partial charge in [0.2, 0.25) is 0 Å². The average molecular weight is 391 g/mol. The number of hydrogen-bond donors (Lipinski definition) is 0. The molecule has 144 valence electrons. The lowest BCUT2D eigenvalue weighted by atomic mass is 9.92. The Labute approximate surface area is 162 Å². The molecule has 0 aliphatic heterocycles. The Morgan fingerprint density at radius 1 is 1.22 bits per heavy atom. The van der Waals surface area contributed by atoms with Gasteiger partial charge < -0.3 is 4.74 Å². The summed E-state index contributed by atoms with van der Waals surface area (Å²) >= 11 is 5.68. The molecule has 7 heteroatoms. The number of halogens is 1. The minimum Gasteiger partial charge on any atom is -0.491 e. The highest BCUT2D eigenvalue weighted by Crippen LogP contribution is 2.26. The molecule has 0 spiro atoms. The summed E-state index contributed by atoms with van der Waals surface area (Å²) in [5, 5.41) is 0.420. The Morgan fingerprint density at radius 3 is 2.78 bits per heavy atom. The first-order chi connectivity index (χ1) is 13.0. The average Bonchev–Trinajstić information content (AvgIpc) is 2.63. The molecule has 1 heterocycles. The number of ether oxygens (including phenoxy) is 1. The first-order valence-electron chi connectivity index (χ1n) is 9.28. The maximum atomic E-state index is 13.1. The van der Waals surface area contributed by atoms with Gasteiger partial charge >= 0.3 is 0 Å². The summed E-state index contributed by atoms with van der Waals surface area (Å²) in [7, 11) is 0. The maximum Gasteiger partial charge on any atom is 0.262 e. The molecule has 0 bridgehead atoms. The smallest absolute Gasteiger partial charge is 0.262 e. The number of aryl methyl sites for hydroxylation is 1. The van der Waals surface area contributed by atoms with Gasteiger partial charge in [-0.1, -0.05) is 6.07 Å². The predicted octanol–water partition coefficient (Wildman–Crippen LogP) is 3.36. The molecule has 2 aromatic rings. The molecule has 1 aromatic carbocycles. The van der Waals surface area contributed by atoms with Crippen LogP contribution in [0.3, 0.4) is 0 Å². The molecular weight excluding hydrogens is 368 g/mol. The second-order valence-corrected chi connectivity index (χ2v) is 7.20. The number of fused-ring (bicyclic) bond motifs is 1. The van der Waals surface area contributed by atoms with Crippen LogP contribution in [-0.4, -0.2) is 33.6 Å². The van der Waals surface area contributed by atoms with Gasteiger partial charge in [0, 0.05) is 12.3 Å². The van der Waals surface area contributed by atoms with Crippen LogP contribution in [-0.2, 0) is 9.59 Å². The number of benzene rings is 1. The van der Waals surface area contributed by atoms with Crippen molar-refractivity contribution in [3.05, 3.63) is 34.4 Å². The fraction of sp³-hybridized carbons (Fsp3) is 0.500. The topological polar surface area (TPSA) is 78.3 Å². The third kappa shape index (κ3) is 4.21. The fourth-order valence-corrected chi connectivity index (χ4v) is 3.66. The first kappa shape index (κ1) is 19.5. The third-order valence-electron chi connectivity index (χ3n) is 4.86. The second kappa shape index (κ2) is 8.65. The second-order valence-electron chi connectivity index (χ2n) is 6.82. The van der Waals surface area contributed by atoms with Crippen LogP contribution in [0.1, 0.15) is 50.4 Å². The summed E-state index contributed by atoms with van der Waals surface area (Å²) in [5.74, 6) is 1.37. The molecule has 27 heavy (non-hydrogen) atoms. The number of aromatic nitrogens is 2. The number of hydrogen-bond acceptors (Lipinski definition) is 5. The predicted molar refractivity (Wildman–Crippen MR) is 104 cm³/mol. The lowest BCUT2D eigenvalue weighted by molar-refractivity contribution is -0.132. The van der Waals surface area contributed by atoms with Gasteiger partial charge in [-0.3, -0.25) is 19.0 Å². The summed E-state index contributed by atoms with van der Waals surface area (Å²) in [5.41, 5.74) is 0.241. The first-order valence-corrected chi connectivity index (χ1v) is 9.81. The van der Waals surface area contributed by atoms with E-state index in [9.17, 15) is 14.4 Å². The van der Waals surface area contributed by atoms with Gasteiger partial charge in [0.05, 0.1) is 24.5 Å². The van der Waals surface area contributed by atoms with Gasteiger partial charge in [0.25, 0.3) is 5.56 Å². The lowest BCUT2D eigenvalue weighted by Crippen LogP contribution is -2.36. The standard InChI is InChI=1S/C20H23ClN2O4/c1-13-22-19-15(6-5-7-18(19)27-11-4-2-3-10-21)20(26)23(13)16-9-8-14(24)12-17(16)25/h5-7,16H,2-4,8-12H2,1H3. The van der Waals surface area contributed by atoms with Crippen LogP contribution >= 0.6 is 11.6 Å². The molecule has 6 nitrogen and oxygen atoms in total. The summed E-state index contributed by atoms with van der Waals surface area (Å²) < 4.78 is 7.26. The van der Waals surface area contributed by atoms with Gasteiger partial charge in [-0.2, -0.15) is 0 Å². The SMILES string of the molecule is Cc1nc2c(OCCCCCCl)cccc2c(=O)n1C1CCC(=O)CC1=O. The van der Waals surface area contributed by atoms with Crippen molar-refractivity contribution in [1.82, 2.24) is 9.55 Å². The van der Waals surface area contributed by atoms with E-state index in [1.807, 2.05) is 0 Å². The number of para-hydroxylation sites is 1. The summed E-state index contributed by atoms with van der Waals surface area (Å²) in [6.45, 7) is 2.24. The monoisotopic (exact) mass is 390 g/mol. The van der Waals surface area contributed by atoms with Crippen LogP contribution in [0.15, 0.2) is 23.0 Å². The summed E-state index contributed by atoms with van der Waals surface area (Å²) in [4.78, 5) is 41.4. The molecule has 3 rings (SSSR count). The summed E-state index contributed by atoms with van der Waals surface area (Å²) in [6.07, 6.45) is 3.36. The zero-order chi connectivity index (χ0) is 19.4. The Balaban J connectivity index is 1.92. The molecule has 1 aliphatic carbocycles. The van der Waals surface area contributed by atoms with Crippen molar-refractivity contribution < 1.29 is 14.3 Å². The van der Waals surface area contributed by atoms with E-state index in [2.05, 4.69) is 4.98 Å². The van der Waals surface area contributed by atoms with Crippen LogP contribution in [0.5, 0.6) is 5.75 Å². The number of alkyl halides is 1. The normalized spacial score (nSPS) is 17.5. The molecule has 0 saturated heterocycles. The minimum absolute atomic E-state index is 0.0689. The van der Waals surface area contributed by atoms with Gasteiger partial charge in [0.15, 0.2) is 5.78 Å². The number of Topliss-reactive ketones (excluding diaryl/α,β-unsaturated/α-hetero) is 2. The Kier molecular flexibility index (Phi) is 6.26. The van der Waals surface area contributed by atoms with E-state index >= 15 is 0 Å². The van der Waals surface area contributed by atoms with E-state index in [4.69, 9.17) is 16.3 Å². The van der Waals surface area contributed by atoms with Gasteiger partial charge in [-0.25, -0.2) is 4.98 Å². The van der Waals surface area contributed by atoms with E-state index in [1.54, 1.807) is 25.1 Å². The van der Waals surface area contributed by atoms with Crippen molar-refractivity contribution in [2.45, 2.75) is 51.5 Å². The van der Waals surface area contributed by atoms with E-state index < -0.39 is 6.04 Å². The van der Waals surface area contributed by atoms with Crippen molar-refractivity contribution in [2.24, 2.45) is 0 Å². The Morgan fingerprint density at radius 2 is 2.04 bits per heavy atom. The number of nitrogens with zero attached hydrogens (tertiary/aromatic N) is 2. The highest BCUT2D eigenvalue weighted by molar-refractivity contribution is 6.17. The van der Waals surface area contributed by atoms with E-state index in [-0.39, 0.29) is 23.5 Å². The molecule has 0 N–H and O–H groups in total. The molecule has 1 aliphatic rings. The van der Waals surface area contributed by atoms with Crippen molar-refractivity contribution >= 4 is 34.1 Å². The molecule has 1 unspecified atom stereocenters. The number of carbonyl (C=O) groups is 2. The van der Waals surface area contributed by atoms with Crippen LogP contribution in [0, 0.1) is 6.92 Å².